The van der Waals surface area contributed by atoms with Gasteiger partial charge in [-0.15, -0.1) is 0 Å². The third-order valence-corrected chi connectivity index (χ3v) is 8.40. The topological polar surface area (TPSA) is 102 Å². The minimum Gasteiger partial charge on any atom is -0.492 e. The van der Waals surface area contributed by atoms with E-state index in [1.807, 2.05) is 19.9 Å². The molecular formula is C29H29F2N3O4S. The van der Waals surface area contributed by atoms with Crippen LogP contribution in [0.5, 0.6) is 5.88 Å². The van der Waals surface area contributed by atoms with Gasteiger partial charge in [0, 0.05) is 24.9 Å². The number of halogens is 2. The predicted molar refractivity (Wildman–Crippen MR) is 143 cm³/mol. The summed E-state index contributed by atoms with van der Waals surface area (Å²) in [5, 5.41) is 10.7. The minimum atomic E-state index is -4.52. The molecule has 2 aromatic heterocycles. The number of rotatable bonds is 9. The second kappa shape index (κ2) is 11.4. The SMILES string of the molecule is CCCCc1nc(O)c(S(=O)(=O)c2ccc(-c3ccncc3C)cc2)c(=O)n1C(CC)c1cc(F)cc(F)c1. The first-order chi connectivity index (χ1) is 18.6. The lowest BCUT2D eigenvalue weighted by Gasteiger charge is -2.23. The van der Waals surface area contributed by atoms with Gasteiger partial charge in [-0.1, -0.05) is 32.4 Å². The number of sulfone groups is 1. The maximum atomic E-state index is 14.1. The number of pyridine rings is 1. The van der Waals surface area contributed by atoms with E-state index in [0.717, 1.165) is 45.9 Å². The Bertz CT molecular complexity index is 1650. The number of hydrogen-bond donors (Lipinski definition) is 1. The molecule has 0 aliphatic rings. The van der Waals surface area contributed by atoms with E-state index < -0.39 is 43.8 Å². The van der Waals surface area contributed by atoms with Gasteiger partial charge in [0.2, 0.25) is 15.7 Å². The number of benzene rings is 2. The zero-order valence-corrected chi connectivity index (χ0v) is 22.7. The Labute approximate surface area is 225 Å². The lowest BCUT2D eigenvalue weighted by molar-refractivity contribution is 0.406. The van der Waals surface area contributed by atoms with E-state index in [1.165, 1.54) is 12.1 Å². The minimum absolute atomic E-state index is 0.137. The summed E-state index contributed by atoms with van der Waals surface area (Å²) in [4.78, 5) is 21.0. The van der Waals surface area contributed by atoms with Crippen molar-refractivity contribution in [2.24, 2.45) is 0 Å². The zero-order valence-electron chi connectivity index (χ0n) is 21.9. The van der Waals surface area contributed by atoms with Crippen LogP contribution < -0.4 is 5.56 Å². The number of aromatic nitrogens is 3. The van der Waals surface area contributed by atoms with Crippen molar-refractivity contribution in [3.8, 4) is 17.0 Å². The van der Waals surface area contributed by atoms with Gasteiger partial charge in [0.1, 0.15) is 17.5 Å². The average molecular weight is 554 g/mol. The molecule has 7 nitrogen and oxygen atoms in total. The molecule has 0 aliphatic heterocycles. The fourth-order valence-electron chi connectivity index (χ4n) is 4.68. The van der Waals surface area contributed by atoms with Gasteiger partial charge in [-0.2, -0.15) is 4.98 Å². The first kappa shape index (κ1) is 28.1. The maximum absolute atomic E-state index is 14.1. The van der Waals surface area contributed by atoms with Crippen molar-refractivity contribution in [2.45, 2.75) is 62.3 Å². The molecule has 39 heavy (non-hydrogen) atoms. The van der Waals surface area contributed by atoms with Crippen LogP contribution >= 0.6 is 0 Å². The molecular weight excluding hydrogens is 524 g/mol. The first-order valence-corrected chi connectivity index (χ1v) is 14.1. The summed E-state index contributed by atoms with van der Waals surface area (Å²) in [6.45, 7) is 5.52. The quantitative estimate of drug-likeness (QED) is 0.282. The lowest BCUT2D eigenvalue weighted by atomic mass is 10.0. The van der Waals surface area contributed by atoms with E-state index in [4.69, 9.17) is 0 Å². The molecule has 0 saturated carbocycles. The predicted octanol–water partition coefficient (Wildman–Crippen LogP) is 5.77. The van der Waals surface area contributed by atoms with Crippen molar-refractivity contribution in [2.75, 3.05) is 0 Å². The highest BCUT2D eigenvalue weighted by Crippen LogP contribution is 2.31. The molecule has 0 saturated heterocycles. The first-order valence-electron chi connectivity index (χ1n) is 12.6. The summed E-state index contributed by atoms with van der Waals surface area (Å²) in [5.74, 6) is -2.42. The Hall–Kier alpha value is -3.92. The molecule has 204 valence electrons. The fourth-order valence-corrected chi connectivity index (χ4v) is 6.02. The molecule has 0 aliphatic carbocycles. The van der Waals surface area contributed by atoms with Crippen LogP contribution in [-0.4, -0.2) is 28.1 Å². The number of aryl methyl sites for hydroxylation is 2. The van der Waals surface area contributed by atoms with E-state index in [-0.39, 0.29) is 29.1 Å². The van der Waals surface area contributed by atoms with Crippen molar-refractivity contribution >= 4 is 9.84 Å². The largest absolute Gasteiger partial charge is 0.492 e. The lowest BCUT2D eigenvalue weighted by Crippen LogP contribution is -2.33. The highest BCUT2D eigenvalue weighted by Gasteiger charge is 2.31. The molecule has 10 heteroatoms. The molecule has 4 aromatic rings. The normalized spacial score (nSPS) is 12.4. The standard InChI is InChI=1S/C29H29F2N3O4S/c1-4-6-7-26-33-28(35)27(29(36)34(26)25(5-2)20-14-21(30)16-22(31)15-20)39(37,38)23-10-8-19(9-11-23)24-12-13-32-17-18(24)3/h8-17,25,35H,4-7H2,1-3H3. The summed E-state index contributed by atoms with van der Waals surface area (Å²) in [7, 11) is -4.52. The van der Waals surface area contributed by atoms with Crippen LogP contribution in [-0.2, 0) is 16.3 Å². The monoisotopic (exact) mass is 553 g/mol. The van der Waals surface area contributed by atoms with Gasteiger partial charge in [-0.25, -0.2) is 17.2 Å². The molecule has 0 radical (unpaired) electrons. The van der Waals surface area contributed by atoms with Gasteiger partial charge in [0.15, 0.2) is 4.90 Å². The van der Waals surface area contributed by atoms with Gasteiger partial charge in [-0.3, -0.25) is 14.3 Å². The van der Waals surface area contributed by atoms with E-state index in [1.54, 1.807) is 31.5 Å². The fraction of sp³-hybridized carbons (Fsp3) is 0.276. The van der Waals surface area contributed by atoms with Crippen molar-refractivity contribution in [1.29, 1.82) is 0 Å². The summed E-state index contributed by atoms with van der Waals surface area (Å²) in [6, 6.07) is 9.77. The van der Waals surface area contributed by atoms with Crippen LogP contribution in [0.1, 0.15) is 56.1 Å². The Morgan fingerprint density at radius 1 is 1.03 bits per heavy atom. The highest BCUT2D eigenvalue weighted by molar-refractivity contribution is 7.91. The van der Waals surface area contributed by atoms with Gasteiger partial charge >= 0.3 is 0 Å². The van der Waals surface area contributed by atoms with Crippen LogP contribution in [0.3, 0.4) is 0 Å². The van der Waals surface area contributed by atoms with Crippen molar-refractivity contribution < 1.29 is 22.3 Å². The Balaban J connectivity index is 1.89. The smallest absolute Gasteiger partial charge is 0.277 e. The Kier molecular flexibility index (Phi) is 8.25. The third-order valence-electron chi connectivity index (χ3n) is 6.62. The van der Waals surface area contributed by atoms with Crippen molar-refractivity contribution in [3.63, 3.8) is 0 Å². The average Bonchev–Trinajstić information content (AvgIpc) is 2.89. The molecule has 0 bridgehead atoms. The highest BCUT2D eigenvalue weighted by atomic mass is 32.2. The van der Waals surface area contributed by atoms with Crippen LogP contribution in [0.25, 0.3) is 11.1 Å². The summed E-state index contributed by atoms with van der Waals surface area (Å²) in [5.41, 5.74) is 1.68. The number of aromatic hydroxyl groups is 1. The van der Waals surface area contributed by atoms with Crippen molar-refractivity contribution in [3.05, 3.63) is 99.9 Å². The Morgan fingerprint density at radius 2 is 1.69 bits per heavy atom. The van der Waals surface area contributed by atoms with Crippen LogP contribution in [0.4, 0.5) is 8.78 Å². The summed E-state index contributed by atoms with van der Waals surface area (Å²) in [6.07, 6.45) is 5.14. The molecule has 1 unspecified atom stereocenters. The molecule has 2 heterocycles. The number of nitrogens with zero attached hydrogens (tertiary/aromatic N) is 3. The maximum Gasteiger partial charge on any atom is 0.277 e. The van der Waals surface area contributed by atoms with Crippen LogP contribution in [0.15, 0.2) is 75.5 Å². The number of hydrogen-bond acceptors (Lipinski definition) is 6. The summed E-state index contributed by atoms with van der Waals surface area (Å²) >= 11 is 0. The van der Waals surface area contributed by atoms with E-state index in [2.05, 4.69) is 9.97 Å². The summed E-state index contributed by atoms with van der Waals surface area (Å²) < 4.78 is 56.7. The molecule has 0 fully saturated rings. The molecule has 0 amide bonds. The van der Waals surface area contributed by atoms with Crippen molar-refractivity contribution in [1.82, 2.24) is 14.5 Å². The molecule has 2 aromatic carbocycles. The third kappa shape index (κ3) is 5.61. The van der Waals surface area contributed by atoms with Gasteiger partial charge in [0.05, 0.1) is 10.9 Å². The van der Waals surface area contributed by atoms with Crippen LogP contribution in [0.2, 0.25) is 0 Å². The van der Waals surface area contributed by atoms with E-state index in [0.29, 0.717) is 6.42 Å². The zero-order chi connectivity index (χ0) is 28.3. The van der Waals surface area contributed by atoms with Crippen LogP contribution in [0, 0.1) is 18.6 Å². The molecule has 1 atom stereocenters. The van der Waals surface area contributed by atoms with Gasteiger partial charge in [0.25, 0.3) is 5.56 Å². The van der Waals surface area contributed by atoms with Gasteiger partial charge in [-0.05, 0) is 72.4 Å². The second-order valence-corrected chi connectivity index (χ2v) is 11.2. The van der Waals surface area contributed by atoms with Gasteiger partial charge < -0.3 is 5.11 Å². The molecule has 0 spiro atoms. The second-order valence-electron chi connectivity index (χ2n) is 9.30. The number of unbranched alkanes of at least 4 members (excludes halogenated alkanes) is 1. The van der Waals surface area contributed by atoms with E-state index in [9.17, 15) is 27.1 Å². The Morgan fingerprint density at radius 3 is 2.28 bits per heavy atom. The molecule has 4 rings (SSSR count). The molecule has 1 N–H and O–H groups in total. The van der Waals surface area contributed by atoms with E-state index >= 15 is 0 Å².